The number of amidine groups is 1. The van der Waals surface area contributed by atoms with Gasteiger partial charge in [0.05, 0.1) is 23.5 Å². The number of piperazine rings is 1. The Hall–Kier alpha value is -0.790. The summed E-state index contributed by atoms with van der Waals surface area (Å²) in [4.78, 5) is 0.661. The van der Waals surface area contributed by atoms with Crippen molar-refractivity contribution in [2.45, 2.75) is 4.90 Å². The number of rotatable bonds is 0. The maximum atomic E-state index is 12.7. The molecule has 0 spiro atoms. The molecule has 0 bridgehead atoms. The van der Waals surface area contributed by atoms with E-state index in [-0.39, 0.29) is 12.4 Å². The van der Waals surface area contributed by atoms with Crippen LogP contribution in [0.3, 0.4) is 0 Å². The van der Waals surface area contributed by atoms with Gasteiger partial charge in [0.2, 0.25) is 5.84 Å². The summed E-state index contributed by atoms with van der Waals surface area (Å²) in [7, 11) is -1.40. The summed E-state index contributed by atoms with van der Waals surface area (Å²) in [6.07, 6.45) is 0. The Labute approximate surface area is 114 Å². The average Bonchev–Trinajstić information content (AvgIpc) is 2.69. The first-order valence-electron chi connectivity index (χ1n) is 5.60. The highest BCUT2D eigenvalue weighted by Gasteiger charge is 2.35. The van der Waals surface area contributed by atoms with E-state index in [9.17, 15) is 9.42 Å². The number of fused-ring (bicyclic) bond motifs is 1. The summed E-state index contributed by atoms with van der Waals surface area (Å²) in [6.45, 7) is 2.25. The molecule has 0 aliphatic carbocycles. The third-order valence-corrected chi connectivity index (χ3v) is 4.24. The van der Waals surface area contributed by atoms with Crippen LogP contribution in [0.2, 0.25) is 0 Å². The number of quaternary nitrogens is 1. The molecule has 1 fully saturated rings. The standard InChI is InChI=1S/C11H13N3O2S.ClH/c15-14(7-5-12-6-8-14)11-9-3-1-2-4-10(9)17(16)13-11;/h1-4,12H,5-8H2;1H. The minimum absolute atomic E-state index is 0. The summed E-state index contributed by atoms with van der Waals surface area (Å²) in [6, 6.07) is 7.28. The zero-order valence-corrected chi connectivity index (χ0v) is 11.3. The fourth-order valence-electron chi connectivity index (χ4n) is 2.24. The van der Waals surface area contributed by atoms with Crippen LogP contribution in [0.4, 0.5) is 0 Å². The van der Waals surface area contributed by atoms with E-state index in [1.54, 1.807) is 6.07 Å². The molecule has 1 aromatic rings. The average molecular weight is 288 g/mol. The molecule has 0 amide bonds. The lowest BCUT2D eigenvalue weighted by Crippen LogP contribution is -2.57. The van der Waals surface area contributed by atoms with Gasteiger partial charge in [0.25, 0.3) is 0 Å². The van der Waals surface area contributed by atoms with Crippen LogP contribution in [0.5, 0.6) is 0 Å². The summed E-state index contributed by atoms with van der Waals surface area (Å²) in [5, 5.41) is 15.8. The first kappa shape index (κ1) is 13.6. The number of hydrogen-bond donors (Lipinski definition) is 1. The Morgan fingerprint density at radius 1 is 1.28 bits per heavy atom. The third-order valence-electron chi connectivity index (χ3n) is 3.17. The van der Waals surface area contributed by atoms with Gasteiger partial charge in [0, 0.05) is 13.1 Å². The smallest absolute Gasteiger partial charge is 0.245 e. The molecule has 1 saturated heterocycles. The van der Waals surface area contributed by atoms with Crippen LogP contribution in [0.15, 0.2) is 33.6 Å². The SMILES string of the molecule is Cl.O=S1N=C([N+]2([O-])CCNCC2)c2ccccc21. The van der Waals surface area contributed by atoms with Gasteiger partial charge < -0.3 is 15.2 Å². The van der Waals surface area contributed by atoms with Gasteiger partial charge in [-0.2, -0.15) is 0 Å². The van der Waals surface area contributed by atoms with Crippen molar-refractivity contribution in [3.8, 4) is 0 Å². The largest absolute Gasteiger partial charge is 0.626 e. The van der Waals surface area contributed by atoms with Crippen LogP contribution in [0.25, 0.3) is 0 Å². The minimum Gasteiger partial charge on any atom is -0.626 e. The molecule has 18 heavy (non-hydrogen) atoms. The Morgan fingerprint density at radius 3 is 2.67 bits per heavy atom. The van der Waals surface area contributed by atoms with Crippen molar-refractivity contribution >= 4 is 29.2 Å². The van der Waals surface area contributed by atoms with Crippen molar-refractivity contribution < 1.29 is 8.86 Å². The van der Waals surface area contributed by atoms with Crippen molar-refractivity contribution in [2.24, 2.45) is 4.40 Å². The van der Waals surface area contributed by atoms with E-state index >= 15 is 0 Å². The molecule has 0 aromatic heterocycles. The van der Waals surface area contributed by atoms with Crippen molar-refractivity contribution in [2.75, 3.05) is 26.2 Å². The van der Waals surface area contributed by atoms with Crippen molar-refractivity contribution in [1.29, 1.82) is 0 Å². The highest BCUT2D eigenvalue weighted by molar-refractivity contribution is 7.84. The molecule has 2 aliphatic heterocycles. The van der Waals surface area contributed by atoms with E-state index in [0.717, 1.165) is 5.56 Å². The first-order valence-corrected chi connectivity index (χ1v) is 6.71. The maximum Gasteiger partial charge on any atom is 0.245 e. The molecule has 1 N–H and O–H groups in total. The van der Waals surface area contributed by atoms with Gasteiger partial charge in [-0.3, -0.25) is 0 Å². The van der Waals surface area contributed by atoms with Gasteiger partial charge in [-0.15, -0.1) is 16.8 Å². The molecular formula is C11H14ClN3O2S. The Kier molecular flexibility index (Phi) is 3.84. The molecule has 3 rings (SSSR count). The second-order valence-electron chi connectivity index (χ2n) is 4.25. The van der Waals surface area contributed by atoms with Crippen LogP contribution >= 0.6 is 12.4 Å². The molecule has 1 aromatic carbocycles. The second kappa shape index (κ2) is 5.07. The van der Waals surface area contributed by atoms with Crippen molar-refractivity contribution in [3.05, 3.63) is 35.0 Å². The van der Waals surface area contributed by atoms with Crippen molar-refractivity contribution in [1.82, 2.24) is 5.32 Å². The minimum atomic E-state index is -1.40. The van der Waals surface area contributed by atoms with Gasteiger partial charge >= 0.3 is 0 Å². The summed E-state index contributed by atoms with van der Waals surface area (Å²) in [5.41, 5.74) is 0.753. The molecule has 0 saturated carbocycles. The van der Waals surface area contributed by atoms with Crippen LogP contribution < -0.4 is 5.32 Å². The summed E-state index contributed by atoms with van der Waals surface area (Å²) < 4.78 is 15.4. The molecule has 7 heteroatoms. The van der Waals surface area contributed by atoms with E-state index in [2.05, 4.69) is 9.71 Å². The molecular weight excluding hydrogens is 274 g/mol. The van der Waals surface area contributed by atoms with E-state index in [1.807, 2.05) is 18.2 Å². The number of nitrogens with zero attached hydrogens (tertiary/aromatic N) is 2. The molecule has 1 unspecified atom stereocenters. The van der Waals surface area contributed by atoms with Gasteiger partial charge in [-0.05, 0) is 12.1 Å². The molecule has 2 heterocycles. The number of halogens is 1. The fraction of sp³-hybridized carbons (Fsp3) is 0.364. The summed E-state index contributed by atoms with van der Waals surface area (Å²) in [5.74, 6) is 0.431. The Morgan fingerprint density at radius 2 is 1.94 bits per heavy atom. The molecule has 1 atom stereocenters. The zero-order chi connectivity index (χ0) is 11.9. The Balaban J connectivity index is 0.00000120. The fourth-order valence-corrected chi connectivity index (χ4v) is 3.29. The van der Waals surface area contributed by atoms with Crippen LogP contribution in [0, 0.1) is 5.21 Å². The van der Waals surface area contributed by atoms with Gasteiger partial charge in [-0.1, -0.05) is 12.1 Å². The highest BCUT2D eigenvalue weighted by Crippen LogP contribution is 2.27. The Bertz CT molecular complexity index is 515. The van der Waals surface area contributed by atoms with E-state index < -0.39 is 15.6 Å². The normalized spacial score (nSPS) is 24.9. The monoisotopic (exact) mass is 287 g/mol. The van der Waals surface area contributed by atoms with E-state index in [0.29, 0.717) is 36.9 Å². The van der Waals surface area contributed by atoms with Gasteiger partial charge in [-0.25, -0.2) is 4.21 Å². The zero-order valence-electron chi connectivity index (χ0n) is 9.67. The number of hydroxylamine groups is 3. The number of nitrogens with one attached hydrogen (secondary N) is 1. The molecule has 98 valence electrons. The predicted octanol–water partition coefficient (Wildman–Crippen LogP) is 0.809. The second-order valence-corrected chi connectivity index (χ2v) is 5.37. The van der Waals surface area contributed by atoms with Gasteiger partial charge in [0.1, 0.15) is 0 Å². The van der Waals surface area contributed by atoms with Crippen LogP contribution in [0.1, 0.15) is 5.56 Å². The lowest BCUT2D eigenvalue weighted by molar-refractivity contribution is -0.791. The van der Waals surface area contributed by atoms with E-state index in [4.69, 9.17) is 0 Å². The molecule has 5 nitrogen and oxygen atoms in total. The van der Waals surface area contributed by atoms with Crippen LogP contribution in [-0.4, -0.2) is 40.9 Å². The van der Waals surface area contributed by atoms with E-state index in [1.165, 1.54) is 0 Å². The number of hydrogen-bond acceptors (Lipinski definition) is 3. The number of benzene rings is 1. The quantitative estimate of drug-likeness (QED) is 0.567. The van der Waals surface area contributed by atoms with Crippen molar-refractivity contribution in [3.63, 3.8) is 0 Å². The first-order chi connectivity index (χ1) is 8.21. The third kappa shape index (κ3) is 2.10. The summed E-state index contributed by atoms with van der Waals surface area (Å²) >= 11 is 0. The van der Waals surface area contributed by atoms with Crippen LogP contribution in [-0.2, 0) is 11.0 Å². The lowest BCUT2D eigenvalue weighted by atomic mass is 10.1. The molecule has 0 radical (unpaired) electrons. The predicted molar refractivity (Wildman–Crippen MR) is 72.9 cm³/mol. The highest BCUT2D eigenvalue weighted by atomic mass is 35.5. The van der Waals surface area contributed by atoms with Gasteiger partial charge in [0.15, 0.2) is 11.0 Å². The molecule has 2 aliphatic rings. The lowest BCUT2D eigenvalue weighted by Gasteiger charge is -2.44. The maximum absolute atomic E-state index is 12.7. The topological polar surface area (TPSA) is 64.5 Å².